The van der Waals surface area contributed by atoms with Crippen molar-refractivity contribution in [3.8, 4) is 0 Å². The molecule has 9 nitrogen and oxygen atoms in total. The maximum Gasteiger partial charge on any atom is 0.250 e. The Bertz CT molecular complexity index is 473. The molecule has 20 heavy (non-hydrogen) atoms. The molecule has 9 heteroatoms. The minimum absolute atomic E-state index is 0.329. The molecular weight excluding hydrogens is 266 g/mol. The van der Waals surface area contributed by atoms with Crippen molar-refractivity contribution in [2.45, 2.75) is 0 Å². The van der Waals surface area contributed by atoms with Crippen molar-refractivity contribution in [2.75, 3.05) is 0 Å². The summed E-state index contributed by atoms with van der Waals surface area (Å²) in [5.41, 5.74) is 0. The van der Waals surface area contributed by atoms with Crippen molar-refractivity contribution >= 4 is 23.6 Å². The van der Waals surface area contributed by atoms with Crippen molar-refractivity contribution in [3.05, 3.63) is 42.8 Å². The number of imide groups is 2. The van der Waals surface area contributed by atoms with E-state index in [1.54, 1.807) is 18.5 Å². The Morgan fingerprint density at radius 2 is 1.00 bits per heavy atom. The first kappa shape index (κ1) is 14.8. The first-order chi connectivity index (χ1) is 9.58. The highest BCUT2D eigenvalue weighted by molar-refractivity contribution is 6.13. The van der Waals surface area contributed by atoms with Gasteiger partial charge in [0.1, 0.15) is 0 Å². The molecule has 2 N–H and O–H groups in total. The zero-order valence-corrected chi connectivity index (χ0v) is 10.0. The first-order valence-corrected chi connectivity index (χ1v) is 5.22. The Balaban J connectivity index is 0.000000151. The van der Waals surface area contributed by atoms with Crippen LogP contribution in [0.5, 0.6) is 0 Å². The Morgan fingerprint density at radius 3 is 1.10 bits per heavy atom. The molecule has 0 saturated heterocycles. The minimum atomic E-state index is -0.329. The highest BCUT2D eigenvalue weighted by Gasteiger charge is 2.07. The summed E-state index contributed by atoms with van der Waals surface area (Å²) in [7, 11) is 0. The molecule has 3 heterocycles. The van der Waals surface area contributed by atoms with Crippen LogP contribution in [-0.2, 0) is 19.2 Å². The molecule has 0 fully saturated rings. The third-order valence-electron chi connectivity index (χ3n) is 1.67. The second-order valence-electron chi connectivity index (χ2n) is 3.18. The number of hydrogen-bond donors (Lipinski definition) is 2. The van der Waals surface area contributed by atoms with Gasteiger partial charge in [0.05, 0.1) is 12.4 Å². The Labute approximate surface area is 112 Å². The topological polar surface area (TPSA) is 131 Å². The molecule has 0 bridgehead atoms. The van der Waals surface area contributed by atoms with E-state index in [9.17, 15) is 19.2 Å². The van der Waals surface area contributed by atoms with E-state index in [2.05, 4.69) is 15.4 Å². The number of nitrogens with one attached hydrogen (secondary N) is 2. The summed E-state index contributed by atoms with van der Waals surface area (Å²) >= 11 is 0. The van der Waals surface area contributed by atoms with Crippen LogP contribution in [-0.4, -0.2) is 39.0 Å². The van der Waals surface area contributed by atoms with Gasteiger partial charge in [-0.2, -0.15) is 0 Å². The molecular formula is C11H9N5O4. The molecule has 4 amide bonds. The number of hydrogen-bond acceptors (Lipinski definition) is 7. The average molecular weight is 275 g/mol. The lowest BCUT2D eigenvalue weighted by atomic mass is 10.6. The van der Waals surface area contributed by atoms with E-state index < -0.39 is 0 Å². The van der Waals surface area contributed by atoms with Gasteiger partial charge in [-0.3, -0.25) is 29.8 Å². The van der Waals surface area contributed by atoms with Crippen LogP contribution in [0.1, 0.15) is 0 Å². The van der Waals surface area contributed by atoms with E-state index in [4.69, 9.17) is 0 Å². The minimum Gasteiger partial charge on any atom is -0.289 e. The van der Waals surface area contributed by atoms with E-state index >= 15 is 0 Å². The third-order valence-corrected chi connectivity index (χ3v) is 1.67. The summed E-state index contributed by atoms with van der Waals surface area (Å²) in [6.07, 6.45) is 7.94. The van der Waals surface area contributed by atoms with Gasteiger partial charge in [0.25, 0.3) is 23.6 Å². The van der Waals surface area contributed by atoms with Crippen LogP contribution in [0.2, 0.25) is 0 Å². The summed E-state index contributed by atoms with van der Waals surface area (Å²) in [5.74, 6) is -1.31. The number of aromatic nitrogens is 3. The van der Waals surface area contributed by atoms with Crippen LogP contribution in [0.3, 0.4) is 0 Å². The molecule has 0 aromatic carbocycles. The van der Waals surface area contributed by atoms with Gasteiger partial charge in [0, 0.05) is 24.3 Å². The normalized spacial score (nSPS) is 14.8. The van der Waals surface area contributed by atoms with Crippen molar-refractivity contribution in [2.24, 2.45) is 0 Å². The van der Waals surface area contributed by atoms with E-state index in [1.807, 2.05) is 10.6 Å². The van der Waals surface area contributed by atoms with Gasteiger partial charge in [-0.25, -0.2) is 0 Å². The summed E-state index contributed by atoms with van der Waals surface area (Å²) in [6, 6.07) is 1.72. The van der Waals surface area contributed by atoms with E-state index in [0.717, 1.165) is 0 Å². The van der Waals surface area contributed by atoms with Gasteiger partial charge >= 0.3 is 0 Å². The standard InChI is InChI=1S/2C4H3NO2.C3H3N3/c2*6-3-1-2-4(7)5-3;1-2-4-6-5-3-1/h2*1-2H,(H,5,6,7);1-3H. The number of rotatable bonds is 0. The van der Waals surface area contributed by atoms with Crippen LogP contribution in [0, 0.1) is 0 Å². The van der Waals surface area contributed by atoms with Crippen LogP contribution < -0.4 is 10.6 Å². The highest BCUT2D eigenvalue weighted by atomic mass is 16.2. The smallest absolute Gasteiger partial charge is 0.250 e. The molecule has 0 aliphatic carbocycles. The van der Waals surface area contributed by atoms with Crippen LogP contribution >= 0.6 is 0 Å². The van der Waals surface area contributed by atoms with Gasteiger partial charge < -0.3 is 0 Å². The van der Waals surface area contributed by atoms with E-state index in [1.165, 1.54) is 24.3 Å². The molecule has 2 aliphatic heterocycles. The van der Waals surface area contributed by atoms with Crippen molar-refractivity contribution < 1.29 is 19.2 Å². The predicted octanol–water partition coefficient (Wildman–Crippen LogP) is -1.73. The van der Waals surface area contributed by atoms with Gasteiger partial charge in [-0.15, -0.1) is 10.2 Å². The molecule has 3 rings (SSSR count). The summed E-state index contributed by atoms with van der Waals surface area (Å²) in [6.45, 7) is 0. The summed E-state index contributed by atoms with van der Waals surface area (Å²) in [5, 5.41) is 14.2. The van der Waals surface area contributed by atoms with Crippen molar-refractivity contribution in [1.82, 2.24) is 26.0 Å². The maximum atomic E-state index is 10.0. The lowest BCUT2D eigenvalue weighted by molar-refractivity contribution is -0.125. The van der Waals surface area contributed by atoms with E-state index in [0.29, 0.717) is 0 Å². The molecule has 0 unspecified atom stereocenters. The molecule has 0 spiro atoms. The number of nitrogens with zero attached hydrogens (tertiary/aromatic N) is 3. The molecule has 0 atom stereocenters. The summed E-state index contributed by atoms with van der Waals surface area (Å²) in [4.78, 5) is 40.1. The fraction of sp³-hybridized carbons (Fsp3) is 0. The molecule has 2 aliphatic rings. The first-order valence-electron chi connectivity index (χ1n) is 5.22. The fourth-order valence-corrected chi connectivity index (χ4v) is 0.917. The molecule has 0 radical (unpaired) electrons. The monoisotopic (exact) mass is 275 g/mol. The summed E-state index contributed by atoms with van der Waals surface area (Å²) < 4.78 is 0. The lowest BCUT2D eigenvalue weighted by Gasteiger charge is -1.80. The van der Waals surface area contributed by atoms with Gasteiger partial charge in [-0.1, -0.05) is 0 Å². The Hall–Kier alpha value is -3.23. The van der Waals surface area contributed by atoms with Gasteiger partial charge in [0.15, 0.2) is 0 Å². The number of carbonyl (C=O) groups is 4. The van der Waals surface area contributed by atoms with Crippen LogP contribution in [0.15, 0.2) is 42.8 Å². The Morgan fingerprint density at radius 1 is 0.650 bits per heavy atom. The molecule has 102 valence electrons. The zero-order valence-electron chi connectivity index (χ0n) is 10.0. The zero-order chi connectivity index (χ0) is 14.8. The quantitative estimate of drug-likeness (QED) is 0.538. The molecule has 1 aromatic rings. The lowest BCUT2D eigenvalue weighted by Crippen LogP contribution is -2.19. The highest BCUT2D eigenvalue weighted by Crippen LogP contribution is 1.83. The molecule has 0 saturated carbocycles. The van der Waals surface area contributed by atoms with Gasteiger partial charge in [0.2, 0.25) is 0 Å². The van der Waals surface area contributed by atoms with Crippen molar-refractivity contribution in [1.29, 1.82) is 0 Å². The van der Waals surface area contributed by atoms with Gasteiger partial charge in [-0.05, 0) is 11.3 Å². The number of amides is 4. The van der Waals surface area contributed by atoms with Crippen LogP contribution in [0.25, 0.3) is 0 Å². The van der Waals surface area contributed by atoms with Crippen LogP contribution in [0.4, 0.5) is 0 Å². The largest absolute Gasteiger partial charge is 0.289 e. The second-order valence-corrected chi connectivity index (χ2v) is 3.18. The third kappa shape index (κ3) is 6.49. The molecule has 1 aromatic heterocycles. The Kier molecular flexibility index (Phi) is 5.91. The SMILES string of the molecule is O=C1C=CC(=O)N1.O=C1C=CC(=O)N1.c1cnnnc1. The fourth-order valence-electron chi connectivity index (χ4n) is 0.917. The predicted molar refractivity (Wildman–Crippen MR) is 64.4 cm³/mol. The number of carbonyl (C=O) groups excluding carboxylic acids is 4. The average Bonchev–Trinajstić information content (AvgIpc) is 3.01. The second kappa shape index (κ2) is 7.97. The van der Waals surface area contributed by atoms with E-state index in [-0.39, 0.29) is 23.6 Å². The van der Waals surface area contributed by atoms with Crippen molar-refractivity contribution in [3.63, 3.8) is 0 Å². The maximum absolute atomic E-state index is 10.0.